The normalized spacial score (nSPS) is 36.0. The average Bonchev–Trinajstić information content (AvgIpc) is 3.19. The second kappa shape index (κ2) is 5.08. The summed E-state index contributed by atoms with van der Waals surface area (Å²) < 4.78 is 2.69. The van der Waals surface area contributed by atoms with Crippen LogP contribution in [0.25, 0.3) is 0 Å². The van der Waals surface area contributed by atoms with E-state index in [4.69, 9.17) is 0 Å². The van der Waals surface area contributed by atoms with Crippen LogP contribution in [0.5, 0.6) is 0 Å². The van der Waals surface area contributed by atoms with Gasteiger partial charge in [-0.15, -0.1) is 0 Å². The molecule has 5 heteroatoms. The molecule has 5 unspecified atom stereocenters. The van der Waals surface area contributed by atoms with Crippen LogP contribution >= 0.6 is 0 Å². The molecule has 1 aromatic rings. The highest BCUT2D eigenvalue weighted by Crippen LogP contribution is 2.58. The third-order valence-corrected chi connectivity index (χ3v) is 6.50. The van der Waals surface area contributed by atoms with Crippen molar-refractivity contribution in [2.45, 2.75) is 44.7 Å². The van der Waals surface area contributed by atoms with E-state index in [0.717, 1.165) is 23.7 Å². The number of hydrogen-bond acceptors (Lipinski definition) is 3. The van der Waals surface area contributed by atoms with E-state index in [0.29, 0.717) is 18.2 Å². The van der Waals surface area contributed by atoms with Crippen LogP contribution < -0.4 is 16.6 Å². The Hall–Kier alpha value is -1.36. The van der Waals surface area contributed by atoms with E-state index < -0.39 is 0 Å². The van der Waals surface area contributed by atoms with Gasteiger partial charge in [0.05, 0.1) is 0 Å². The van der Waals surface area contributed by atoms with Crippen molar-refractivity contribution >= 4 is 0 Å². The first-order valence-corrected chi connectivity index (χ1v) is 8.55. The van der Waals surface area contributed by atoms with Gasteiger partial charge < -0.3 is 9.88 Å². The lowest BCUT2D eigenvalue weighted by Crippen LogP contribution is -2.43. The Labute approximate surface area is 130 Å². The third-order valence-electron chi connectivity index (χ3n) is 6.50. The SMILES string of the molecule is Cn1cc(CNC2CC3CC2C2CCCC32)c(=O)n(C)c1=O. The molecule has 1 heterocycles. The number of fused-ring (bicyclic) bond motifs is 5. The minimum Gasteiger partial charge on any atom is -0.309 e. The highest BCUT2D eigenvalue weighted by Gasteiger charge is 2.53. The van der Waals surface area contributed by atoms with Crippen LogP contribution in [-0.4, -0.2) is 15.2 Å². The van der Waals surface area contributed by atoms with E-state index in [9.17, 15) is 9.59 Å². The maximum atomic E-state index is 12.2. The van der Waals surface area contributed by atoms with Gasteiger partial charge in [0, 0.05) is 38.4 Å². The molecule has 4 rings (SSSR count). The Balaban J connectivity index is 1.48. The summed E-state index contributed by atoms with van der Waals surface area (Å²) in [7, 11) is 3.25. The Morgan fingerprint density at radius 1 is 1.14 bits per heavy atom. The van der Waals surface area contributed by atoms with E-state index in [1.54, 1.807) is 20.3 Å². The molecular formula is C17H25N3O2. The number of nitrogens with zero attached hydrogens (tertiary/aromatic N) is 2. The second-order valence-corrected chi connectivity index (χ2v) is 7.55. The second-order valence-electron chi connectivity index (χ2n) is 7.55. The van der Waals surface area contributed by atoms with Crippen molar-refractivity contribution in [1.82, 2.24) is 14.5 Å². The summed E-state index contributed by atoms with van der Waals surface area (Å²) in [4.78, 5) is 23.9. The minimum absolute atomic E-state index is 0.169. The molecule has 1 aromatic heterocycles. The fourth-order valence-electron chi connectivity index (χ4n) is 5.55. The number of aryl methyl sites for hydroxylation is 1. The molecule has 3 aliphatic carbocycles. The molecule has 5 atom stereocenters. The fraction of sp³-hybridized carbons (Fsp3) is 0.765. The van der Waals surface area contributed by atoms with Crippen molar-refractivity contribution in [3.8, 4) is 0 Å². The van der Waals surface area contributed by atoms with Gasteiger partial charge in [-0.05, 0) is 49.4 Å². The predicted molar refractivity (Wildman–Crippen MR) is 84.6 cm³/mol. The molecule has 22 heavy (non-hydrogen) atoms. The monoisotopic (exact) mass is 303 g/mol. The van der Waals surface area contributed by atoms with Crippen molar-refractivity contribution in [3.05, 3.63) is 32.6 Å². The van der Waals surface area contributed by atoms with E-state index >= 15 is 0 Å². The van der Waals surface area contributed by atoms with Crippen molar-refractivity contribution in [2.24, 2.45) is 37.8 Å². The standard InChI is InChI=1S/C17H25N3O2/c1-19-9-11(16(21)20(2)17(19)22)8-18-15-7-10-6-14(15)13-5-3-4-12(10)13/h9-10,12-15,18H,3-8H2,1-2H3. The van der Waals surface area contributed by atoms with E-state index in [2.05, 4.69) is 5.32 Å². The van der Waals surface area contributed by atoms with Gasteiger partial charge in [0.25, 0.3) is 5.56 Å². The zero-order valence-electron chi connectivity index (χ0n) is 13.4. The van der Waals surface area contributed by atoms with Crippen LogP contribution in [0.4, 0.5) is 0 Å². The molecule has 0 radical (unpaired) electrons. The molecule has 0 saturated heterocycles. The fourth-order valence-corrected chi connectivity index (χ4v) is 5.55. The van der Waals surface area contributed by atoms with Gasteiger partial charge in [-0.2, -0.15) is 0 Å². The molecule has 0 aliphatic heterocycles. The minimum atomic E-state index is -0.262. The summed E-state index contributed by atoms with van der Waals surface area (Å²) in [5.74, 6) is 3.65. The topological polar surface area (TPSA) is 56.0 Å². The molecule has 3 aliphatic rings. The lowest BCUT2D eigenvalue weighted by molar-refractivity contribution is 0.207. The van der Waals surface area contributed by atoms with Gasteiger partial charge in [-0.25, -0.2) is 4.79 Å². The Morgan fingerprint density at radius 3 is 2.73 bits per heavy atom. The van der Waals surface area contributed by atoms with Gasteiger partial charge in [-0.1, -0.05) is 6.42 Å². The van der Waals surface area contributed by atoms with E-state index in [-0.39, 0.29) is 11.2 Å². The summed E-state index contributed by atoms with van der Waals surface area (Å²) in [6.07, 6.45) is 8.61. The number of aromatic nitrogens is 2. The van der Waals surface area contributed by atoms with Gasteiger partial charge in [0.2, 0.25) is 0 Å². The predicted octanol–water partition coefficient (Wildman–Crippen LogP) is 0.998. The zero-order valence-corrected chi connectivity index (χ0v) is 13.4. The summed E-state index contributed by atoms with van der Waals surface area (Å²) in [6.45, 7) is 0.575. The molecule has 5 nitrogen and oxygen atoms in total. The molecule has 0 spiro atoms. The first-order chi connectivity index (χ1) is 10.6. The van der Waals surface area contributed by atoms with Crippen molar-refractivity contribution in [1.29, 1.82) is 0 Å². The Bertz CT molecular complexity index is 705. The molecule has 3 fully saturated rings. The number of rotatable bonds is 3. The highest BCUT2D eigenvalue weighted by molar-refractivity contribution is 5.09. The van der Waals surface area contributed by atoms with E-state index in [1.807, 2.05) is 0 Å². The molecule has 2 bridgehead atoms. The van der Waals surface area contributed by atoms with Crippen LogP contribution in [0, 0.1) is 23.7 Å². The highest BCUT2D eigenvalue weighted by atomic mass is 16.2. The average molecular weight is 303 g/mol. The molecule has 0 amide bonds. The molecule has 3 saturated carbocycles. The Kier molecular flexibility index (Phi) is 3.29. The van der Waals surface area contributed by atoms with Gasteiger partial charge >= 0.3 is 5.69 Å². The van der Waals surface area contributed by atoms with Crippen molar-refractivity contribution in [3.63, 3.8) is 0 Å². The number of nitrogens with one attached hydrogen (secondary N) is 1. The summed E-state index contributed by atoms with van der Waals surface area (Å²) >= 11 is 0. The molecule has 0 aromatic carbocycles. The largest absolute Gasteiger partial charge is 0.330 e. The lowest BCUT2D eigenvalue weighted by atomic mass is 9.79. The van der Waals surface area contributed by atoms with Crippen molar-refractivity contribution in [2.75, 3.05) is 0 Å². The lowest BCUT2D eigenvalue weighted by Gasteiger charge is -2.32. The quantitative estimate of drug-likeness (QED) is 0.906. The summed E-state index contributed by atoms with van der Waals surface area (Å²) in [5, 5.41) is 3.63. The van der Waals surface area contributed by atoms with Gasteiger partial charge in [0.15, 0.2) is 0 Å². The van der Waals surface area contributed by atoms with Crippen LogP contribution in [0.1, 0.15) is 37.7 Å². The zero-order chi connectivity index (χ0) is 15.4. The van der Waals surface area contributed by atoms with Gasteiger partial charge in [-0.3, -0.25) is 9.36 Å². The van der Waals surface area contributed by atoms with Crippen LogP contribution in [-0.2, 0) is 20.6 Å². The van der Waals surface area contributed by atoms with Crippen molar-refractivity contribution < 1.29 is 0 Å². The molecular weight excluding hydrogens is 278 g/mol. The third kappa shape index (κ3) is 2.02. The van der Waals surface area contributed by atoms with E-state index in [1.165, 1.54) is 41.2 Å². The maximum Gasteiger partial charge on any atom is 0.330 e. The molecule has 120 valence electrons. The Morgan fingerprint density at radius 2 is 1.91 bits per heavy atom. The maximum absolute atomic E-state index is 12.2. The first-order valence-electron chi connectivity index (χ1n) is 8.55. The summed E-state index contributed by atoms with van der Waals surface area (Å²) in [6, 6.07) is 0.561. The first kappa shape index (κ1) is 14.2. The number of hydrogen-bond donors (Lipinski definition) is 1. The van der Waals surface area contributed by atoms with Crippen LogP contribution in [0.2, 0.25) is 0 Å². The van der Waals surface area contributed by atoms with Crippen LogP contribution in [0.3, 0.4) is 0 Å². The smallest absolute Gasteiger partial charge is 0.309 e. The summed E-state index contributed by atoms with van der Waals surface area (Å²) in [5.41, 5.74) is 0.260. The van der Waals surface area contributed by atoms with Gasteiger partial charge in [0.1, 0.15) is 0 Å². The van der Waals surface area contributed by atoms with Crippen LogP contribution in [0.15, 0.2) is 15.8 Å². The molecule has 1 N–H and O–H groups in total.